The Balaban J connectivity index is 1.67. The molecule has 4 rings (SSSR count). The molecule has 0 aromatic heterocycles. The summed E-state index contributed by atoms with van der Waals surface area (Å²) < 4.78 is 5.62. The van der Waals surface area contributed by atoms with Crippen molar-refractivity contribution >= 4 is 16.6 Å². The SMILES string of the molecule is O=C(c1cccc2ccccc12)C1OC1c1ccccc1. The third-order valence-electron chi connectivity index (χ3n) is 3.93. The summed E-state index contributed by atoms with van der Waals surface area (Å²) in [6.07, 6.45) is -0.448. The molecule has 1 aliphatic heterocycles. The van der Waals surface area contributed by atoms with Crippen LogP contribution in [0.15, 0.2) is 72.8 Å². The zero-order valence-corrected chi connectivity index (χ0v) is 11.4. The van der Waals surface area contributed by atoms with Gasteiger partial charge in [-0.3, -0.25) is 4.79 Å². The van der Waals surface area contributed by atoms with Gasteiger partial charge in [-0.05, 0) is 16.3 Å². The zero-order valence-electron chi connectivity index (χ0n) is 11.4. The molecular weight excluding hydrogens is 260 g/mol. The number of Topliss-reactive ketones (excluding diaryl/α,β-unsaturated/α-hetero) is 1. The maximum Gasteiger partial charge on any atom is 0.195 e. The van der Waals surface area contributed by atoms with Gasteiger partial charge in [-0.15, -0.1) is 0 Å². The average Bonchev–Trinajstić information content (AvgIpc) is 3.35. The van der Waals surface area contributed by atoms with E-state index in [1.165, 1.54) is 0 Å². The largest absolute Gasteiger partial charge is 0.356 e. The first-order valence-electron chi connectivity index (χ1n) is 7.07. The first kappa shape index (κ1) is 12.3. The van der Waals surface area contributed by atoms with E-state index in [1.807, 2.05) is 72.8 Å². The molecule has 0 amide bonds. The Kier molecular flexibility index (Phi) is 2.83. The highest BCUT2D eigenvalue weighted by molar-refractivity contribution is 6.11. The smallest absolute Gasteiger partial charge is 0.195 e. The second-order valence-corrected chi connectivity index (χ2v) is 5.28. The van der Waals surface area contributed by atoms with E-state index in [0.29, 0.717) is 0 Å². The molecule has 0 radical (unpaired) electrons. The van der Waals surface area contributed by atoms with Crippen molar-refractivity contribution in [3.8, 4) is 0 Å². The lowest BCUT2D eigenvalue weighted by Crippen LogP contribution is -2.08. The van der Waals surface area contributed by atoms with Crippen LogP contribution in [-0.2, 0) is 4.74 Å². The summed E-state index contributed by atoms with van der Waals surface area (Å²) in [7, 11) is 0. The van der Waals surface area contributed by atoms with Gasteiger partial charge in [-0.2, -0.15) is 0 Å². The van der Waals surface area contributed by atoms with Gasteiger partial charge in [0.25, 0.3) is 0 Å². The van der Waals surface area contributed by atoms with Crippen molar-refractivity contribution in [2.45, 2.75) is 12.2 Å². The van der Waals surface area contributed by atoms with E-state index in [4.69, 9.17) is 4.74 Å². The molecule has 0 aliphatic carbocycles. The molecule has 0 saturated carbocycles. The van der Waals surface area contributed by atoms with Gasteiger partial charge >= 0.3 is 0 Å². The van der Waals surface area contributed by atoms with E-state index in [-0.39, 0.29) is 18.0 Å². The van der Waals surface area contributed by atoms with Crippen LogP contribution in [0.4, 0.5) is 0 Å². The van der Waals surface area contributed by atoms with Gasteiger partial charge in [0.15, 0.2) is 11.9 Å². The predicted molar refractivity (Wildman–Crippen MR) is 82.3 cm³/mol. The molecule has 1 saturated heterocycles. The Morgan fingerprint density at radius 1 is 0.810 bits per heavy atom. The molecule has 2 unspecified atom stereocenters. The van der Waals surface area contributed by atoms with Crippen molar-refractivity contribution in [1.82, 2.24) is 0 Å². The summed E-state index contributed by atoms with van der Waals surface area (Å²) in [5, 5.41) is 2.08. The normalized spacial score (nSPS) is 20.4. The van der Waals surface area contributed by atoms with Gasteiger partial charge in [0.1, 0.15) is 6.10 Å². The van der Waals surface area contributed by atoms with Crippen LogP contribution in [0.3, 0.4) is 0 Å². The third kappa shape index (κ3) is 2.14. The highest BCUT2D eigenvalue weighted by Gasteiger charge is 2.46. The molecular formula is C19H14O2. The molecule has 3 aromatic carbocycles. The number of ether oxygens (including phenoxy) is 1. The predicted octanol–water partition coefficient (Wildman–Crippen LogP) is 4.16. The van der Waals surface area contributed by atoms with Gasteiger partial charge in [0, 0.05) is 5.56 Å². The molecule has 0 spiro atoms. The minimum Gasteiger partial charge on any atom is -0.356 e. The van der Waals surface area contributed by atoms with Crippen LogP contribution in [-0.4, -0.2) is 11.9 Å². The molecule has 1 aliphatic rings. The number of carbonyl (C=O) groups excluding carboxylic acids is 1. The summed E-state index contributed by atoms with van der Waals surface area (Å²) in [5.74, 6) is 0.0700. The van der Waals surface area contributed by atoms with Crippen LogP contribution in [0.5, 0.6) is 0 Å². The fourth-order valence-electron chi connectivity index (χ4n) is 2.80. The number of ketones is 1. The fourth-order valence-corrected chi connectivity index (χ4v) is 2.80. The van der Waals surface area contributed by atoms with Crippen molar-refractivity contribution in [1.29, 1.82) is 0 Å². The van der Waals surface area contributed by atoms with Crippen molar-refractivity contribution in [3.63, 3.8) is 0 Å². The molecule has 1 fully saturated rings. The Morgan fingerprint density at radius 2 is 1.52 bits per heavy atom. The second-order valence-electron chi connectivity index (χ2n) is 5.28. The summed E-state index contributed by atoms with van der Waals surface area (Å²) in [6.45, 7) is 0. The minimum atomic E-state index is -0.349. The number of hydrogen-bond donors (Lipinski definition) is 0. The van der Waals surface area contributed by atoms with Crippen LogP contribution in [0.1, 0.15) is 22.0 Å². The van der Waals surface area contributed by atoms with Gasteiger partial charge in [0.05, 0.1) is 0 Å². The van der Waals surface area contributed by atoms with Crippen molar-refractivity contribution < 1.29 is 9.53 Å². The van der Waals surface area contributed by atoms with E-state index < -0.39 is 0 Å². The lowest BCUT2D eigenvalue weighted by atomic mass is 9.97. The fraction of sp³-hybridized carbons (Fsp3) is 0.105. The monoisotopic (exact) mass is 274 g/mol. The summed E-state index contributed by atoms with van der Waals surface area (Å²) >= 11 is 0. The van der Waals surface area contributed by atoms with Crippen LogP contribution >= 0.6 is 0 Å². The third-order valence-corrected chi connectivity index (χ3v) is 3.93. The van der Waals surface area contributed by atoms with Gasteiger partial charge in [-0.1, -0.05) is 72.8 Å². The van der Waals surface area contributed by atoms with E-state index in [0.717, 1.165) is 21.9 Å². The van der Waals surface area contributed by atoms with Crippen molar-refractivity contribution in [3.05, 3.63) is 83.9 Å². The van der Waals surface area contributed by atoms with Crippen LogP contribution in [0.25, 0.3) is 10.8 Å². The molecule has 2 nitrogen and oxygen atoms in total. The maximum atomic E-state index is 12.7. The van der Waals surface area contributed by atoms with Gasteiger partial charge in [-0.25, -0.2) is 0 Å². The highest BCUT2D eigenvalue weighted by atomic mass is 16.6. The zero-order chi connectivity index (χ0) is 14.2. The summed E-state index contributed by atoms with van der Waals surface area (Å²) in [5.41, 5.74) is 1.81. The molecule has 0 bridgehead atoms. The molecule has 102 valence electrons. The number of hydrogen-bond acceptors (Lipinski definition) is 2. The van der Waals surface area contributed by atoms with Gasteiger partial charge in [0.2, 0.25) is 0 Å². The highest BCUT2D eigenvalue weighted by Crippen LogP contribution is 2.41. The summed E-state index contributed by atoms with van der Waals surface area (Å²) in [4.78, 5) is 12.7. The molecule has 1 heterocycles. The Bertz CT molecular complexity index is 803. The van der Waals surface area contributed by atoms with E-state index in [1.54, 1.807) is 0 Å². The molecule has 2 atom stereocenters. The van der Waals surface area contributed by atoms with Gasteiger partial charge < -0.3 is 4.74 Å². The molecule has 21 heavy (non-hydrogen) atoms. The minimum absolute atomic E-state index is 0.0700. The maximum absolute atomic E-state index is 12.7. The van der Waals surface area contributed by atoms with E-state index in [9.17, 15) is 4.79 Å². The summed E-state index contributed by atoms with van der Waals surface area (Å²) in [6, 6.07) is 23.7. The number of fused-ring (bicyclic) bond motifs is 1. The van der Waals surface area contributed by atoms with Crippen LogP contribution in [0.2, 0.25) is 0 Å². The second kappa shape index (κ2) is 4.83. The lowest BCUT2D eigenvalue weighted by Gasteiger charge is -2.04. The number of rotatable bonds is 3. The number of carbonyl (C=O) groups is 1. The van der Waals surface area contributed by atoms with Crippen molar-refractivity contribution in [2.75, 3.05) is 0 Å². The van der Waals surface area contributed by atoms with E-state index >= 15 is 0 Å². The Morgan fingerprint density at radius 3 is 2.38 bits per heavy atom. The molecule has 2 heteroatoms. The average molecular weight is 274 g/mol. The van der Waals surface area contributed by atoms with Crippen LogP contribution < -0.4 is 0 Å². The van der Waals surface area contributed by atoms with Crippen molar-refractivity contribution in [2.24, 2.45) is 0 Å². The van der Waals surface area contributed by atoms with Crippen LogP contribution in [0, 0.1) is 0 Å². The first-order chi connectivity index (χ1) is 10.3. The quantitative estimate of drug-likeness (QED) is 0.530. The lowest BCUT2D eigenvalue weighted by molar-refractivity contribution is 0.0955. The Hall–Kier alpha value is -2.45. The first-order valence-corrected chi connectivity index (χ1v) is 7.07. The Labute approximate surface area is 123 Å². The topological polar surface area (TPSA) is 29.6 Å². The van der Waals surface area contributed by atoms with E-state index in [2.05, 4.69) is 0 Å². The number of epoxide rings is 1. The number of benzene rings is 3. The molecule has 3 aromatic rings. The standard InChI is InChI=1S/C19H14O2/c20-17(19-18(21-19)14-8-2-1-3-9-14)16-12-6-10-13-7-4-5-11-15(13)16/h1-12,18-19H. The molecule has 0 N–H and O–H groups in total.